The van der Waals surface area contributed by atoms with Crippen molar-refractivity contribution in [3.8, 4) is 17.6 Å². The molecule has 1 rings (SSSR count). The Morgan fingerprint density at radius 3 is 2.92 bits per heavy atom. The van der Waals surface area contributed by atoms with Gasteiger partial charge in [-0.25, -0.2) is 0 Å². The van der Waals surface area contributed by atoms with Gasteiger partial charge < -0.3 is 4.74 Å². The Hall–Kier alpha value is -1.42. The lowest BCUT2D eigenvalue weighted by Crippen LogP contribution is -1.85. The van der Waals surface area contributed by atoms with Crippen LogP contribution in [0.4, 0.5) is 0 Å². The van der Waals surface area contributed by atoms with Gasteiger partial charge in [0.1, 0.15) is 5.75 Å². The van der Waals surface area contributed by atoms with Crippen molar-refractivity contribution in [2.24, 2.45) is 0 Å². The van der Waals surface area contributed by atoms with Crippen molar-refractivity contribution >= 4 is 0 Å². The summed E-state index contributed by atoms with van der Waals surface area (Å²) in [5.41, 5.74) is 1.20. The van der Waals surface area contributed by atoms with E-state index in [-0.39, 0.29) is 0 Å². The lowest BCUT2D eigenvalue weighted by atomic mass is 10.1. The van der Waals surface area contributed by atoms with Crippen LogP contribution in [0.15, 0.2) is 24.3 Å². The van der Waals surface area contributed by atoms with Crippen LogP contribution >= 0.6 is 0 Å². The molecular weight excluding hydrogens is 148 g/mol. The fraction of sp³-hybridized carbons (Fsp3) is 0.273. The topological polar surface area (TPSA) is 9.23 Å². The number of hydrogen-bond donors (Lipinski definition) is 0. The summed E-state index contributed by atoms with van der Waals surface area (Å²) in [6, 6.07) is 7.96. The molecule has 0 fully saturated rings. The van der Waals surface area contributed by atoms with E-state index in [1.807, 2.05) is 31.2 Å². The van der Waals surface area contributed by atoms with Crippen LogP contribution < -0.4 is 4.74 Å². The minimum Gasteiger partial charge on any atom is -0.497 e. The number of rotatable bonds is 2. The standard InChI is InChI=1S/C11H12O/c1-3-4-6-10-7-5-8-11(9-10)12-2/h5,7-9H,6H2,1-2H3. The third kappa shape index (κ3) is 2.32. The second-order valence-corrected chi connectivity index (χ2v) is 2.46. The Bertz CT molecular complexity index is 304. The summed E-state index contributed by atoms with van der Waals surface area (Å²) in [7, 11) is 1.67. The Labute approximate surface area is 73.4 Å². The van der Waals surface area contributed by atoms with Crippen LogP contribution in [0.2, 0.25) is 0 Å². The van der Waals surface area contributed by atoms with E-state index >= 15 is 0 Å². The molecule has 0 aliphatic rings. The van der Waals surface area contributed by atoms with Crippen molar-refractivity contribution in [3.05, 3.63) is 29.8 Å². The Morgan fingerprint density at radius 1 is 1.42 bits per heavy atom. The minimum absolute atomic E-state index is 0.799. The van der Waals surface area contributed by atoms with Crippen LogP contribution in [0.3, 0.4) is 0 Å². The zero-order chi connectivity index (χ0) is 8.81. The number of ether oxygens (including phenoxy) is 1. The van der Waals surface area contributed by atoms with Gasteiger partial charge in [0.15, 0.2) is 0 Å². The van der Waals surface area contributed by atoms with E-state index in [0.29, 0.717) is 0 Å². The molecule has 1 aromatic rings. The molecule has 0 radical (unpaired) electrons. The molecule has 0 saturated carbocycles. The molecule has 0 heterocycles. The van der Waals surface area contributed by atoms with E-state index in [1.165, 1.54) is 5.56 Å². The van der Waals surface area contributed by atoms with Gasteiger partial charge in [-0.05, 0) is 24.6 Å². The largest absolute Gasteiger partial charge is 0.497 e. The molecule has 0 saturated heterocycles. The van der Waals surface area contributed by atoms with Gasteiger partial charge in [0, 0.05) is 6.42 Å². The van der Waals surface area contributed by atoms with Crippen molar-refractivity contribution in [1.29, 1.82) is 0 Å². The summed E-state index contributed by atoms with van der Waals surface area (Å²) in [6.07, 6.45) is 0.799. The average Bonchev–Trinajstić information content (AvgIpc) is 2.15. The first-order valence-corrected chi connectivity index (χ1v) is 3.89. The zero-order valence-electron chi connectivity index (χ0n) is 7.42. The average molecular weight is 160 g/mol. The van der Waals surface area contributed by atoms with E-state index in [4.69, 9.17) is 4.74 Å². The van der Waals surface area contributed by atoms with Gasteiger partial charge in [0.2, 0.25) is 0 Å². The quantitative estimate of drug-likeness (QED) is 0.603. The Balaban J connectivity index is 2.77. The zero-order valence-corrected chi connectivity index (χ0v) is 7.42. The van der Waals surface area contributed by atoms with Crippen LogP contribution in [-0.2, 0) is 6.42 Å². The van der Waals surface area contributed by atoms with E-state index < -0.39 is 0 Å². The highest BCUT2D eigenvalue weighted by Crippen LogP contribution is 2.12. The van der Waals surface area contributed by atoms with Gasteiger partial charge in [-0.15, -0.1) is 5.92 Å². The van der Waals surface area contributed by atoms with Crippen LogP contribution in [0.5, 0.6) is 5.75 Å². The number of methoxy groups -OCH3 is 1. The van der Waals surface area contributed by atoms with E-state index in [9.17, 15) is 0 Å². The molecule has 0 spiro atoms. The van der Waals surface area contributed by atoms with Gasteiger partial charge in [-0.2, -0.15) is 0 Å². The van der Waals surface area contributed by atoms with Gasteiger partial charge in [0.25, 0.3) is 0 Å². The third-order valence-electron chi connectivity index (χ3n) is 1.60. The molecule has 0 unspecified atom stereocenters. The molecule has 0 bridgehead atoms. The van der Waals surface area contributed by atoms with Crippen molar-refractivity contribution < 1.29 is 4.74 Å². The second-order valence-electron chi connectivity index (χ2n) is 2.46. The highest BCUT2D eigenvalue weighted by atomic mass is 16.5. The van der Waals surface area contributed by atoms with Crippen LogP contribution in [0.25, 0.3) is 0 Å². The van der Waals surface area contributed by atoms with Gasteiger partial charge in [-0.1, -0.05) is 18.1 Å². The smallest absolute Gasteiger partial charge is 0.119 e. The van der Waals surface area contributed by atoms with Crippen LogP contribution in [0, 0.1) is 11.8 Å². The molecule has 62 valence electrons. The Kier molecular flexibility index (Phi) is 3.22. The molecule has 0 aliphatic carbocycles. The second kappa shape index (κ2) is 4.46. The lowest BCUT2D eigenvalue weighted by molar-refractivity contribution is 0.414. The summed E-state index contributed by atoms with van der Waals surface area (Å²) in [5.74, 6) is 6.77. The van der Waals surface area contributed by atoms with Gasteiger partial charge >= 0.3 is 0 Å². The highest BCUT2D eigenvalue weighted by Gasteiger charge is 1.92. The normalized spacial score (nSPS) is 8.50. The highest BCUT2D eigenvalue weighted by molar-refractivity contribution is 5.30. The van der Waals surface area contributed by atoms with E-state index in [2.05, 4.69) is 11.8 Å². The first-order chi connectivity index (χ1) is 5.86. The van der Waals surface area contributed by atoms with Crippen molar-refractivity contribution in [2.75, 3.05) is 7.11 Å². The Morgan fingerprint density at radius 2 is 2.25 bits per heavy atom. The van der Waals surface area contributed by atoms with E-state index in [0.717, 1.165) is 12.2 Å². The summed E-state index contributed by atoms with van der Waals surface area (Å²) in [6.45, 7) is 1.85. The number of benzene rings is 1. The van der Waals surface area contributed by atoms with E-state index in [1.54, 1.807) is 7.11 Å². The molecular formula is C11H12O. The fourth-order valence-electron chi connectivity index (χ4n) is 0.973. The molecule has 1 heteroatoms. The van der Waals surface area contributed by atoms with Gasteiger partial charge in [0.05, 0.1) is 7.11 Å². The molecule has 0 amide bonds. The maximum atomic E-state index is 5.09. The first-order valence-electron chi connectivity index (χ1n) is 3.89. The maximum absolute atomic E-state index is 5.09. The molecule has 0 aliphatic heterocycles. The maximum Gasteiger partial charge on any atom is 0.119 e. The molecule has 0 N–H and O–H groups in total. The summed E-state index contributed by atoms with van der Waals surface area (Å²) in [5, 5.41) is 0. The fourth-order valence-corrected chi connectivity index (χ4v) is 0.973. The summed E-state index contributed by atoms with van der Waals surface area (Å²) >= 11 is 0. The molecule has 0 atom stereocenters. The number of hydrogen-bond acceptors (Lipinski definition) is 1. The molecule has 0 aromatic heterocycles. The molecule has 12 heavy (non-hydrogen) atoms. The predicted octanol–water partition coefficient (Wildman–Crippen LogP) is 2.26. The minimum atomic E-state index is 0.799. The van der Waals surface area contributed by atoms with Crippen LogP contribution in [0.1, 0.15) is 12.5 Å². The van der Waals surface area contributed by atoms with Gasteiger partial charge in [-0.3, -0.25) is 0 Å². The first kappa shape index (κ1) is 8.67. The summed E-state index contributed by atoms with van der Waals surface area (Å²) in [4.78, 5) is 0. The monoisotopic (exact) mass is 160 g/mol. The molecule has 1 aromatic carbocycles. The van der Waals surface area contributed by atoms with Crippen molar-refractivity contribution in [2.45, 2.75) is 13.3 Å². The SMILES string of the molecule is CC#CCc1cccc(OC)c1. The summed E-state index contributed by atoms with van der Waals surface area (Å²) < 4.78 is 5.09. The van der Waals surface area contributed by atoms with Crippen LogP contribution in [-0.4, -0.2) is 7.11 Å². The predicted molar refractivity (Wildman–Crippen MR) is 50.1 cm³/mol. The molecule has 1 nitrogen and oxygen atoms in total. The van der Waals surface area contributed by atoms with Crippen molar-refractivity contribution in [3.63, 3.8) is 0 Å². The lowest BCUT2D eigenvalue weighted by Gasteiger charge is -2.00. The van der Waals surface area contributed by atoms with Crippen molar-refractivity contribution in [1.82, 2.24) is 0 Å². The third-order valence-corrected chi connectivity index (χ3v) is 1.60.